The van der Waals surface area contributed by atoms with Crippen LogP contribution >= 0.6 is 0 Å². The van der Waals surface area contributed by atoms with Crippen LogP contribution in [0.3, 0.4) is 0 Å². The largest absolute Gasteiger partial charge is 0.296 e. The summed E-state index contributed by atoms with van der Waals surface area (Å²) in [5.74, 6) is 0.928. The molecule has 7 nitrogen and oxygen atoms in total. The number of aryl methyl sites for hydroxylation is 1. The molecule has 3 aromatic rings. The zero-order chi connectivity index (χ0) is 18.8. The van der Waals surface area contributed by atoms with Crippen molar-refractivity contribution < 1.29 is 4.79 Å². The molecule has 1 saturated carbocycles. The topological polar surface area (TPSA) is 79.2 Å². The Kier molecular flexibility index (Phi) is 3.23. The van der Waals surface area contributed by atoms with Gasteiger partial charge < -0.3 is 0 Å². The molecule has 136 valence electrons. The Morgan fingerprint density at radius 1 is 1.22 bits per heavy atom. The number of nitriles is 1. The summed E-state index contributed by atoms with van der Waals surface area (Å²) >= 11 is 0. The minimum absolute atomic E-state index is 0.0162. The van der Waals surface area contributed by atoms with Gasteiger partial charge >= 0.3 is 0 Å². The first-order chi connectivity index (χ1) is 13.0. The van der Waals surface area contributed by atoms with Crippen LogP contribution in [0.2, 0.25) is 0 Å². The molecule has 0 radical (unpaired) electrons. The van der Waals surface area contributed by atoms with E-state index in [-0.39, 0.29) is 17.7 Å². The molecule has 1 aliphatic carbocycles. The van der Waals surface area contributed by atoms with Crippen molar-refractivity contribution in [3.8, 4) is 17.2 Å². The van der Waals surface area contributed by atoms with Crippen molar-refractivity contribution in [3.63, 3.8) is 0 Å². The second kappa shape index (κ2) is 5.43. The van der Waals surface area contributed by atoms with E-state index < -0.39 is 5.41 Å². The van der Waals surface area contributed by atoms with Gasteiger partial charge in [-0.05, 0) is 30.9 Å². The number of hydrogen-bond acceptors (Lipinski definition) is 4. The van der Waals surface area contributed by atoms with Gasteiger partial charge in [-0.25, -0.2) is 4.98 Å². The fraction of sp³-hybridized carbons (Fsp3) is 0.400. The Hall–Kier alpha value is -3.14. The quantitative estimate of drug-likeness (QED) is 0.719. The summed E-state index contributed by atoms with van der Waals surface area (Å²) in [4.78, 5) is 19.6. The van der Waals surface area contributed by atoms with E-state index >= 15 is 0 Å². The first kappa shape index (κ1) is 16.1. The van der Waals surface area contributed by atoms with E-state index in [0.717, 1.165) is 35.4 Å². The van der Waals surface area contributed by atoms with Gasteiger partial charge in [0.05, 0.1) is 12.3 Å². The Balaban J connectivity index is 1.59. The third-order valence-corrected chi connectivity index (χ3v) is 6.03. The summed E-state index contributed by atoms with van der Waals surface area (Å²) in [5, 5.41) is 14.1. The number of nitrogens with zero attached hydrogens (tertiary/aromatic N) is 6. The van der Waals surface area contributed by atoms with Crippen LogP contribution in [0.5, 0.6) is 0 Å². The minimum Gasteiger partial charge on any atom is -0.296 e. The van der Waals surface area contributed by atoms with Crippen LogP contribution < -0.4 is 4.90 Å². The van der Waals surface area contributed by atoms with Crippen LogP contribution in [0.25, 0.3) is 16.8 Å². The molecule has 1 saturated heterocycles. The van der Waals surface area contributed by atoms with Gasteiger partial charge in [0.15, 0.2) is 0 Å². The maximum Gasteiger partial charge on any atom is 0.249 e. The van der Waals surface area contributed by atoms with Gasteiger partial charge in [0.2, 0.25) is 5.91 Å². The van der Waals surface area contributed by atoms with Crippen molar-refractivity contribution in [2.24, 2.45) is 24.3 Å². The lowest BCUT2D eigenvalue weighted by molar-refractivity contribution is -0.124. The number of rotatable bonds is 3. The van der Waals surface area contributed by atoms with Crippen molar-refractivity contribution in [1.82, 2.24) is 19.2 Å². The van der Waals surface area contributed by atoms with Gasteiger partial charge in [-0.15, -0.1) is 0 Å². The predicted octanol–water partition coefficient (Wildman–Crippen LogP) is 2.64. The van der Waals surface area contributed by atoms with Crippen molar-refractivity contribution >= 4 is 17.4 Å². The zero-order valence-electron chi connectivity index (χ0n) is 15.3. The molecular formula is C20H20N6O. The van der Waals surface area contributed by atoms with Gasteiger partial charge in [0, 0.05) is 49.2 Å². The van der Waals surface area contributed by atoms with E-state index in [2.05, 4.69) is 16.2 Å². The average molecular weight is 360 g/mol. The molecular weight excluding hydrogens is 340 g/mol. The highest BCUT2D eigenvalue weighted by atomic mass is 16.2. The Bertz CT molecular complexity index is 1100. The molecule has 0 N–H and O–H groups in total. The lowest BCUT2D eigenvalue weighted by Gasteiger charge is -2.22. The highest BCUT2D eigenvalue weighted by molar-refractivity contribution is 6.02. The number of carbonyl (C=O) groups is 1. The molecule has 4 heterocycles. The molecule has 2 fully saturated rings. The second-order valence-electron chi connectivity index (χ2n) is 7.74. The van der Waals surface area contributed by atoms with Gasteiger partial charge in [-0.3, -0.25) is 18.8 Å². The fourth-order valence-electron chi connectivity index (χ4n) is 4.41. The molecule has 5 rings (SSSR count). The van der Waals surface area contributed by atoms with Crippen molar-refractivity contribution in [3.05, 3.63) is 36.9 Å². The van der Waals surface area contributed by atoms with Gasteiger partial charge in [0.1, 0.15) is 16.9 Å². The van der Waals surface area contributed by atoms with E-state index in [0.29, 0.717) is 6.54 Å². The Morgan fingerprint density at radius 2 is 2.00 bits per heavy atom. The number of carbonyl (C=O) groups excluding carboxylic acids is 1. The summed E-state index contributed by atoms with van der Waals surface area (Å²) in [5.41, 5.74) is 1.80. The van der Waals surface area contributed by atoms with E-state index in [9.17, 15) is 10.1 Å². The Labute approximate surface area is 156 Å². The number of fused-ring (bicyclic) bond motifs is 1. The van der Waals surface area contributed by atoms with Crippen molar-refractivity contribution in [2.75, 3.05) is 11.4 Å². The molecule has 7 heteroatoms. The second-order valence-corrected chi connectivity index (χ2v) is 7.74. The highest BCUT2D eigenvalue weighted by Gasteiger charge is 2.61. The zero-order valence-corrected chi connectivity index (χ0v) is 15.3. The third-order valence-electron chi connectivity index (χ3n) is 6.03. The van der Waals surface area contributed by atoms with Crippen LogP contribution in [-0.4, -0.2) is 31.6 Å². The van der Waals surface area contributed by atoms with E-state index in [1.54, 1.807) is 15.8 Å². The lowest BCUT2D eigenvalue weighted by atomic mass is 9.75. The average Bonchev–Trinajstić information content (AvgIpc) is 3.19. The molecule has 0 spiro atoms. The molecule has 0 unspecified atom stereocenters. The van der Waals surface area contributed by atoms with Crippen LogP contribution in [0.1, 0.15) is 19.8 Å². The number of aromatic nitrogens is 4. The summed E-state index contributed by atoms with van der Waals surface area (Å²) in [7, 11) is 1.88. The van der Waals surface area contributed by atoms with Crippen LogP contribution in [-0.2, 0) is 11.8 Å². The molecule has 27 heavy (non-hydrogen) atoms. The molecule has 1 amide bonds. The SMILES string of the molecule is C[C@@H]1CN(c2ccc3ncc(-c4cnn(C)c4)cn23)C(=O)[C@]1(C#N)C1CC1. The summed E-state index contributed by atoms with van der Waals surface area (Å²) < 4.78 is 3.69. The molecule has 1 aliphatic heterocycles. The fourth-order valence-corrected chi connectivity index (χ4v) is 4.41. The summed E-state index contributed by atoms with van der Waals surface area (Å²) in [6, 6.07) is 6.22. The van der Waals surface area contributed by atoms with Crippen LogP contribution in [0, 0.1) is 28.6 Å². The van der Waals surface area contributed by atoms with Crippen molar-refractivity contribution in [1.29, 1.82) is 5.26 Å². The van der Waals surface area contributed by atoms with Crippen molar-refractivity contribution in [2.45, 2.75) is 19.8 Å². The van der Waals surface area contributed by atoms with Crippen LogP contribution in [0.15, 0.2) is 36.9 Å². The predicted molar refractivity (Wildman–Crippen MR) is 99.7 cm³/mol. The van der Waals surface area contributed by atoms with E-state index in [4.69, 9.17) is 0 Å². The monoisotopic (exact) mass is 360 g/mol. The number of amides is 1. The van der Waals surface area contributed by atoms with Gasteiger partial charge in [-0.1, -0.05) is 6.92 Å². The minimum atomic E-state index is -0.876. The van der Waals surface area contributed by atoms with E-state index in [1.807, 2.05) is 49.1 Å². The molecule has 0 bridgehead atoms. The number of anilines is 1. The lowest BCUT2D eigenvalue weighted by Crippen LogP contribution is -2.37. The third kappa shape index (κ3) is 2.16. The summed E-state index contributed by atoms with van der Waals surface area (Å²) in [6.07, 6.45) is 9.47. The number of hydrogen-bond donors (Lipinski definition) is 0. The smallest absolute Gasteiger partial charge is 0.249 e. The highest BCUT2D eigenvalue weighted by Crippen LogP contribution is 2.54. The van der Waals surface area contributed by atoms with Gasteiger partial charge in [-0.2, -0.15) is 10.4 Å². The summed E-state index contributed by atoms with van der Waals surface area (Å²) in [6.45, 7) is 2.58. The molecule has 2 aliphatic rings. The molecule has 3 aromatic heterocycles. The molecule has 0 aromatic carbocycles. The first-order valence-electron chi connectivity index (χ1n) is 9.24. The normalized spacial score (nSPS) is 25.3. The first-order valence-corrected chi connectivity index (χ1v) is 9.24. The van der Waals surface area contributed by atoms with Gasteiger partial charge in [0.25, 0.3) is 0 Å². The Morgan fingerprint density at radius 3 is 2.67 bits per heavy atom. The van der Waals surface area contributed by atoms with Crippen LogP contribution in [0.4, 0.5) is 5.82 Å². The maximum absolute atomic E-state index is 13.3. The molecule has 2 atom stereocenters. The maximum atomic E-state index is 13.3. The standard InChI is InChI=1S/C20H20N6O/c1-13-9-26(19(27)20(13,12-21)16-3-4-16)18-6-5-17-22-7-14(11-25(17)18)15-8-23-24(2)10-15/h5-8,10-11,13,16H,3-4,9H2,1-2H3/t13-,20+/m1/s1. The van der Waals surface area contributed by atoms with E-state index in [1.165, 1.54) is 0 Å².